The summed E-state index contributed by atoms with van der Waals surface area (Å²) in [6.07, 6.45) is 8.50. The molecule has 3 heteroatoms. The van der Waals surface area contributed by atoms with Gasteiger partial charge in [-0.05, 0) is 32.1 Å². The van der Waals surface area contributed by atoms with E-state index in [1.807, 2.05) is 0 Å². The largest absolute Gasteiger partial charge is 0.244 e. The highest BCUT2D eigenvalue weighted by Crippen LogP contribution is 2.45. The molecule has 2 nitrogen and oxygen atoms in total. The molecule has 3 rings (SSSR count). The second-order valence-electron chi connectivity index (χ2n) is 5.11. The molecule has 0 radical (unpaired) electrons. The minimum absolute atomic E-state index is 0.207. The Balaban J connectivity index is 1.85. The van der Waals surface area contributed by atoms with Crippen LogP contribution in [0.1, 0.15) is 61.6 Å². The third kappa shape index (κ3) is 1.48. The van der Waals surface area contributed by atoms with Crippen LogP contribution in [-0.2, 0) is 5.41 Å². The van der Waals surface area contributed by atoms with Crippen molar-refractivity contribution in [2.24, 2.45) is 0 Å². The Kier molecular flexibility index (Phi) is 2.48. The Labute approximate surface area is 100 Å². The first-order valence-electron chi connectivity index (χ1n) is 6.21. The molecule has 0 bridgehead atoms. The lowest BCUT2D eigenvalue weighted by Gasteiger charge is -2.32. The predicted molar refractivity (Wildman–Crippen MR) is 64.5 cm³/mol. The first kappa shape index (κ1) is 10.3. The second kappa shape index (κ2) is 3.85. The number of thiazole rings is 1. The lowest BCUT2D eigenvalue weighted by Crippen LogP contribution is -2.32. The topological polar surface area (TPSA) is 36.7 Å². The molecule has 0 unspecified atom stereocenters. The molecule has 0 aromatic carbocycles. The van der Waals surface area contributed by atoms with Gasteiger partial charge in [0.15, 0.2) is 0 Å². The van der Waals surface area contributed by atoms with Crippen LogP contribution in [0.2, 0.25) is 0 Å². The summed E-state index contributed by atoms with van der Waals surface area (Å²) in [6, 6.07) is 2.48. The minimum atomic E-state index is -0.207. The zero-order chi connectivity index (χ0) is 11.0. The zero-order valence-electron chi connectivity index (χ0n) is 9.41. The van der Waals surface area contributed by atoms with Gasteiger partial charge in [-0.15, -0.1) is 11.3 Å². The molecule has 2 aliphatic rings. The van der Waals surface area contributed by atoms with Crippen molar-refractivity contribution in [1.29, 1.82) is 5.26 Å². The van der Waals surface area contributed by atoms with Crippen LogP contribution in [-0.4, -0.2) is 4.98 Å². The van der Waals surface area contributed by atoms with E-state index in [1.165, 1.54) is 37.8 Å². The molecule has 0 amide bonds. The Bertz CT molecular complexity index is 419. The summed E-state index contributed by atoms with van der Waals surface area (Å²) in [5, 5.41) is 12.6. The molecule has 0 atom stereocenters. The molecule has 2 fully saturated rings. The van der Waals surface area contributed by atoms with Crippen LogP contribution in [0.5, 0.6) is 0 Å². The van der Waals surface area contributed by atoms with E-state index in [1.54, 1.807) is 11.3 Å². The maximum Gasteiger partial charge on any atom is 0.113 e. The van der Waals surface area contributed by atoms with Crippen LogP contribution in [0.3, 0.4) is 0 Å². The van der Waals surface area contributed by atoms with Gasteiger partial charge in [0.2, 0.25) is 0 Å². The van der Waals surface area contributed by atoms with Gasteiger partial charge in [0.05, 0.1) is 11.8 Å². The monoisotopic (exact) mass is 232 g/mol. The summed E-state index contributed by atoms with van der Waals surface area (Å²) in [5.41, 5.74) is 1.06. The van der Waals surface area contributed by atoms with Crippen molar-refractivity contribution < 1.29 is 0 Å². The number of nitrogens with zero attached hydrogens (tertiary/aromatic N) is 2. The SMILES string of the molecule is N#CC1(c2nc(C3CCCC3)cs2)CCC1. The maximum absolute atomic E-state index is 9.28. The first-order valence-corrected chi connectivity index (χ1v) is 7.09. The average Bonchev–Trinajstić information content (AvgIpc) is 2.86. The van der Waals surface area contributed by atoms with E-state index in [2.05, 4.69) is 11.4 Å². The quantitative estimate of drug-likeness (QED) is 0.778. The van der Waals surface area contributed by atoms with E-state index in [-0.39, 0.29) is 5.41 Å². The fourth-order valence-corrected chi connectivity index (χ4v) is 3.93. The van der Waals surface area contributed by atoms with Gasteiger partial charge in [0.25, 0.3) is 0 Å². The van der Waals surface area contributed by atoms with Crippen molar-refractivity contribution in [3.8, 4) is 6.07 Å². The number of nitriles is 1. The standard InChI is InChI=1S/C13H16N2S/c14-9-13(6-3-7-13)12-15-11(8-16-12)10-4-1-2-5-10/h8,10H,1-7H2. The van der Waals surface area contributed by atoms with Crippen LogP contribution in [0.15, 0.2) is 5.38 Å². The maximum atomic E-state index is 9.28. The predicted octanol–water partition coefficient (Wildman–Crippen LogP) is 3.75. The summed E-state index contributed by atoms with van der Waals surface area (Å²) in [6.45, 7) is 0. The molecule has 0 N–H and O–H groups in total. The minimum Gasteiger partial charge on any atom is -0.244 e. The van der Waals surface area contributed by atoms with E-state index in [4.69, 9.17) is 4.98 Å². The fourth-order valence-electron chi connectivity index (χ4n) is 2.82. The molecule has 0 aliphatic heterocycles. The van der Waals surface area contributed by atoms with E-state index in [0.29, 0.717) is 5.92 Å². The Morgan fingerprint density at radius 1 is 1.31 bits per heavy atom. The van der Waals surface area contributed by atoms with Gasteiger partial charge in [0.1, 0.15) is 10.4 Å². The first-order chi connectivity index (χ1) is 7.84. The summed E-state index contributed by atoms with van der Waals surface area (Å²) in [7, 11) is 0. The van der Waals surface area contributed by atoms with Crippen LogP contribution in [0.4, 0.5) is 0 Å². The van der Waals surface area contributed by atoms with Crippen molar-refractivity contribution >= 4 is 11.3 Å². The molecule has 0 saturated heterocycles. The molecule has 0 spiro atoms. The van der Waals surface area contributed by atoms with Crippen molar-refractivity contribution in [3.05, 3.63) is 16.1 Å². The van der Waals surface area contributed by atoms with E-state index >= 15 is 0 Å². The van der Waals surface area contributed by atoms with E-state index < -0.39 is 0 Å². The van der Waals surface area contributed by atoms with Gasteiger partial charge < -0.3 is 0 Å². The van der Waals surface area contributed by atoms with E-state index in [9.17, 15) is 5.26 Å². The third-order valence-electron chi connectivity index (χ3n) is 4.13. The molecular formula is C13H16N2S. The molecule has 1 heterocycles. The van der Waals surface area contributed by atoms with Crippen LogP contribution >= 0.6 is 11.3 Å². The number of rotatable bonds is 2. The second-order valence-corrected chi connectivity index (χ2v) is 5.96. The highest BCUT2D eigenvalue weighted by atomic mass is 32.1. The Morgan fingerprint density at radius 3 is 2.62 bits per heavy atom. The average molecular weight is 232 g/mol. The molecule has 16 heavy (non-hydrogen) atoms. The van der Waals surface area contributed by atoms with Gasteiger partial charge in [0, 0.05) is 11.3 Å². The molecule has 2 saturated carbocycles. The van der Waals surface area contributed by atoms with Gasteiger partial charge in [-0.25, -0.2) is 4.98 Å². The smallest absolute Gasteiger partial charge is 0.113 e. The van der Waals surface area contributed by atoms with Crippen molar-refractivity contribution in [1.82, 2.24) is 4.98 Å². The normalized spacial score (nSPS) is 23.9. The zero-order valence-corrected chi connectivity index (χ0v) is 10.2. The lowest BCUT2D eigenvalue weighted by molar-refractivity contribution is 0.322. The molecular weight excluding hydrogens is 216 g/mol. The van der Waals surface area contributed by atoms with Crippen molar-refractivity contribution in [2.45, 2.75) is 56.3 Å². The van der Waals surface area contributed by atoms with E-state index in [0.717, 1.165) is 17.8 Å². The number of aromatic nitrogens is 1. The van der Waals surface area contributed by atoms with Crippen molar-refractivity contribution in [3.63, 3.8) is 0 Å². The van der Waals surface area contributed by atoms with Gasteiger partial charge in [-0.1, -0.05) is 12.8 Å². The van der Waals surface area contributed by atoms with Crippen LogP contribution in [0, 0.1) is 11.3 Å². The van der Waals surface area contributed by atoms with Crippen LogP contribution < -0.4 is 0 Å². The summed E-state index contributed by atoms with van der Waals surface area (Å²) < 4.78 is 0. The Hall–Kier alpha value is -0.880. The van der Waals surface area contributed by atoms with Gasteiger partial charge >= 0.3 is 0 Å². The number of hydrogen-bond donors (Lipinski definition) is 0. The van der Waals surface area contributed by atoms with Gasteiger partial charge in [-0.2, -0.15) is 5.26 Å². The number of hydrogen-bond acceptors (Lipinski definition) is 3. The highest BCUT2D eigenvalue weighted by Gasteiger charge is 2.42. The van der Waals surface area contributed by atoms with Crippen LogP contribution in [0.25, 0.3) is 0 Å². The lowest BCUT2D eigenvalue weighted by atomic mass is 9.70. The molecule has 1 aromatic rings. The van der Waals surface area contributed by atoms with Crippen molar-refractivity contribution in [2.75, 3.05) is 0 Å². The molecule has 2 aliphatic carbocycles. The Morgan fingerprint density at radius 2 is 2.06 bits per heavy atom. The molecule has 84 valence electrons. The highest BCUT2D eigenvalue weighted by molar-refractivity contribution is 7.09. The fraction of sp³-hybridized carbons (Fsp3) is 0.692. The summed E-state index contributed by atoms with van der Waals surface area (Å²) >= 11 is 1.71. The third-order valence-corrected chi connectivity index (χ3v) is 5.19. The van der Waals surface area contributed by atoms with Gasteiger partial charge in [-0.3, -0.25) is 0 Å². The summed E-state index contributed by atoms with van der Waals surface area (Å²) in [4.78, 5) is 4.75. The molecule has 1 aromatic heterocycles. The summed E-state index contributed by atoms with van der Waals surface area (Å²) in [5.74, 6) is 0.681.